The number of benzene rings is 2. The Bertz CT molecular complexity index is 1000. The second kappa shape index (κ2) is 6.50. The molecule has 3 heterocycles. The molecule has 0 spiro atoms. The predicted molar refractivity (Wildman–Crippen MR) is 101 cm³/mol. The molecule has 2 aliphatic rings. The van der Waals surface area contributed by atoms with E-state index in [9.17, 15) is 9.18 Å². The van der Waals surface area contributed by atoms with Gasteiger partial charge in [-0.3, -0.25) is 4.79 Å². The van der Waals surface area contributed by atoms with Crippen molar-refractivity contribution in [1.82, 2.24) is 9.88 Å². The van der Waals surface area contributed by atoms with Gasteiger partial charge < -0.3 is 14.6 Å². The summed E-state index contributed by atoms with van der Waals surface area (Å²) in [7, 11) is 0. The molecule has 2 fully saturated rings. The molecule has 1 aromatic heterocycles. The van der Waals surface area contributed by atoms with Gasteiger partial charge in [-0.1, -0.05) is 18.2 Å². The van der Waals surface area contributed by atoms with Gasteiger partial charge in [-0.2, -0.15) is 0 Å². The first-order valence-electron chi connectivity index (χ1n) is 9.39. The maximum Gasteiger partial charge on any atom is 0.256 e. The number of ether oxygens (including phenoxy) is 1. The topological polar surface area (TPSA) is 45.3 Å². The highest BCUT2D eigenvalue weighted by molar-refractivity contribution is 5.95. The number of aromatic amines is 1. The van der Waals surface area contributed by atoms with Gasteiger partial charge in [-0.15, -0.1) is 0 Å². The van der Waals surface area contributed by atoms with E-state index in [0.29, 0.717) is 44.6 Å². The van der Waals surface area contributed by atoms with Crippen molar-refractivity contribution in [1.29, 1.82) is 0 Å². The highest BCUT2D eigenvalue weighted by Crippen LogP contribution is 2.30. The molecule has 5 heteroatoms. The number of carbonyl (C=O) groups is 1. The minimum Gasteiger partial charge on any atom is -0.381 e. The molecule has 27 heavy (non-hydrogen) atoms. The normalized spacial score (nSPS) is 21.7. The molecule has 2 saturated heterocycles. The number of halogens is 1. The second-order valence-corrected chi connectivity index (χ2v) is 7.61. The van der Waals surface area contributed by atoms with E-state index in [-0.39, 0.29) is 11.5 Å². The van der Waals surface area contributed by atoms with E-state index in [2.05, 4.69) is 11.1 Å². The third-order valence-electron chi connectivity index (χ3n) is 5.87. The van der Waals surface area contributed by atoms with Crippen molar-refractivity contribution in [2.75, 3.05) is 26.3 Å². The van der Waals surface area contributed by atoms with Gasteiger partial charge in [0.15, 0.2) is 0 Å². The Morgan fingerprint density at radius 2 is 1.96 bits per heavy atom. The van der Waals surface area contributed by atoms with Crippen LogP contribution >= 0.6 is 0 Å². The monoisotopic (exact) mass is 364 g/mol. The van der Waals surface area contributed by atoms with Crippen LogP contribution < -0.4 is 0 Å². The van der Waals surface area contributed by atoms with Crippen LogP contribution in [0.5, 0.6) is 0 Å². The molecule has 2 atom stereocenters. The molecule has 2 aliphatic heterocycles. The van der Waals surface area contributed by atoms with Crippen LogP contribution in [0.3, 0.4) is 0 Å². The highest BCUT2D eigenvalue weighted by atomic mass is 19.1. The van der Waals surface area contributed by atoms with Crippen LogP contribution in [-0.2, 0) is 11.2 Å². The van der Waals surface area contributed by atoms with Crippen LogP contribution in [0.1, 0.15) is 21.5 Å². The first-order valence-corrected chi connectivity index (χ1v) is 9.39. The lowest BCUT2D eigenvalue weighted by Gasteiger charge is -2.18. The summed E-state index contributed by atoms with van der Waals surface area (Å²) in [4.78, 5) is 17.9. The van der Waals surface area contributed by atoms with Gasteiger partial charge in [0.25, 0.3) is 5.91 Å². The number of nitrogens with zero attached hydrogens (tertiary/aromatic N) is 1. The van der Waals surface area contributed by atoms with Crippen molar-refractivity contribution >= 4 is 16.8 Å². The number of hydrogen-bond acceptors (Lipinski definition) is 2. The summed E-state index contributed by atoms with van der Waals surface area (Å²) < 4.78 is 19.9. The number of nitrogens with one attached hydrogen (secondary N) is 1. The highest BCUT2D eigenvalue weighted by Gasteiger charge is 2.39. The van der Waals surface area contributed by atoms with Crippen molar-refractivity contribution in [3.63, 3.8) is 0 Å². The number of aromatic nitrogens is 1. The molecule has 1 amide bonds. The van der Waals surface area contributed by atoms with Crippen molar-refractivity contribution in [2.45, 2.75) is 6.42 Å². The number of amides is 1. The molecule has 4 nitrogen and oxygen atoms in total. The molecule has 3 aromatic rings. The third kappa shape index (κ3) is 2.92. The van der Waals surface area contributed by atoms with Gasteiger partial charge in [0, 0.05) is 42.0 Å². The van der Waals surface area contributed by atoms with E-state index < -0.39 is 5.82 Å². The zero-order valence-corrected chi connectivity index (χ0v) is 15.0. The quantitative estimate of drug-likeness (QED) is 0.772. The maximum absolute atomic E-state index is 14.4. The lowest BCUT2D eigenvalue weighted by molar-refractivity contribution is 0.0746. The van der Waals surface area contributed by atoms with E-state index in [0.717, 1.165) is 22.0 Å². The first-order chi connectivity index (χ1) is 13.2. The van der Waals surface area contributed by atoms with Crippen LogP contribution in [0.2, 0.25) is 0 Å². The summed E-state index contributed by atoms with van der Waals surface area (Å²) >= 11 is 0. The standard InChI is InChI=1S/C22H21FN2O2/c23-20-5-4-14(8-15-2-1-3-21-18(15)6-7-24-21)9-19(20)22(26)25-10-16-12-27-13-17(16)11-25/h1-7,9,16-17,24H,8,10-13H2. The molecule has 1 N–H and O–H groups in total. The predicted octanol–water partition coefficient (Wildman–Crippen LogP) is 3.62. The van der Waals surface area contributed by atoms with Gasteiger partial charge in [0.1, 0.15) is 5.82 Å². The van der Waals surface area contributed by atoms with E-state index in [1.54, 1.807) is 17.0 Å². The van der Waals surface area contributed by atoms with Crippen LogP contribution in [0, 0.1) is 17.7 Å². The Labute approximate surface area is 156 Å². The average molecular weight is 364 g/mol. The summed E-state index contributed by atoms with van der Waals surface area (Å²) in [5.74, 6) is 0.137. The Morgan fingerprint density at radius 3 is 2.78 bits per heavy atom. The molecular weight excluding hydrogens is 343 g/mol. The van der Waals surface area contributed by atoms with Crippen LogP contribution in [-0.4, -0.2) is 42.1 Å². The van der Waals surface area contributed by atoms with Gasteiger partial charge in [-0.05, 0) is 41.8 Å². The molecule has 0 bridgehead atoms. The van der Waals surface area contributed by atoms with Crippen molar-refractivity contribution < 1.29 is 13.9 Å². The zero-order valence-electron chi connectivity index (χ0n) is 15.0. The molecule has 2 aromatic carbocycles. The molecule has 5 rings (SSSR count). The molecule has 138 valence electrons. The lowest BCUT2D eigenvalue weighted by atomic mass is 9.99. The Hall–Kier alpha value is -2.66. The van der Waals surface area contributed by atoms with Crippen LogP contribution in [0.15, 0.2) is 48.7 Å². The number of likely N-dealkylation sites (tertiary alicyclic amines) is 1. The number of H-pyrrole nitrogens is 1. The lowest BCUT2D eigenvalue weighted by Crippen LogP contribution is -2.31. The Balaban J connectivity index is 1.41. The summed E-state index contributed by atoms with van der Waals surface area (Å²) in [5, 5.41) is 1.15. The minimum atomic E-state index is -0.447. The zero-order chi connectivity index (χ0) is 18.4. The van der Waals surface area contributed by atoms with E-state index in [1.165, 1.54) is 6.07 Å². The van der Waals surface area contributed by atoms with Crippen molar-refractivity contribution in [3.8, 4) is 0 Å². The van der Waals surface area contributed by atoms with Gasteiger partial charge >= 0.3 is 0 Å². The molecule has 0 aliphatic carbocycles. The SMILES string of the molecule is O=C(c1cc(Cc2cccc3[nH]ccc23)ccc1F)N1CC2COCC2C1. The summed E-state index contributed by atoms with van der Waals surface area (Å²) in [6.07, 6.45) is 2.58. The second-order valence-electron chi connectivity index (χ2n) is 7.61. The van der Waals surface area contributed by atoms with Crippen molar-refractivity contribution in [2.24, 2.45) is 11.8 Å². The van der Waals surface area contributed by atoms with Crippen molar-refractivity contribution in [3.05, 3.63) is 71.2 Å². The number of rotatable bonds is 3. The van der Waals surface area contributed by atoms with Gasteiger partial charge in [-0.25, -0.2) is 4.39 Å². The fourth-order valence-electron chi connectivity index (χ4n) is 4.39. The third-order valence-corrected chi connectivity index (χ3v) is 5.87. The van der Waals surface area contributed by atoms with Crippen LogP contribution in [0.4, 0.5) is 4.39 Å². The van der Waals surface area contributed by atoms with E-state index >= 15 is 0 Å². The number of fused-ring (bicyclic) bond motifs is 2. The first kappa shape index (κ1) is 16.5. The largest absolute Gasteiger partial charge is 0.381 e. The smallest absolute Gasteiger partial charge is 0.256 e. The summed E-state index contributed by atoms with van der Waals surface area (Å²) in [5.41, 5.74) is 3.36. The summed E-state index contributed by atoms with van der Waals surface area (Å²) in [6.45, 7) is 2.74. The van der Waals surface area contributed by atoms with Gasteiger partial charge in [0.05, 0.1) is 18.8 Å². The van der Waals surface area contributed by atoms with E-state index in [4.69, 9.17) is 4.74 Å². The molecule has 2 unspecified atom stereocenters. The minimum absolute atomic E-state index is 0.176. The van der Waals surface area contributed by atoms with E-state index in [1.807, 2.05) is 24.4 Å². The van der Waals surface area contributed by atoms with Gasteiger partial charge in [0.2, 0.25) is 0 Å². The molecule has 0 saturated carbocycles. The Kier molecular flexibility index (Phi) is 3.97. The molecule has 0 radical (unpaired) electrons. The summed E-state index contributed by atoms with van der Waals surface area (Å²) in [6, 6.07) is 13.1. The maximum atomic E-state index is 14.4. The fraction of sp³-hybridized carbons (Fsp3) is 0.318. The number of carbonyl (C=O) groups excluding carboxylic acids is 1. The molecular formula is C22H21FN2O2. The average Bonchev–Trinajstić information content (AvgIpc) is 3.38. The fourth-order valence-corrected chi connectivity index (χ4v) is 4.39. The number of hydrogen-bond donors (Lipinski definition) is 1. The van der Waals surface area contributed by atoms with Crippen LogP contribution in [0.25, 0.3) is 10.9 Å². The Morgan fingerprint density at radius 1 is 1.15 bits per heavy atom.